The second-order valence-electron chi connectivity index (χ2n) is 6.22. The van der Waals surface area contributed by atoms with Crippen molar-refractivity contribution in [1.82, 2.24) is 14.9 Å². The van der Waals surface area contributed by atoms with Gasteiger partial charge in [-0.05, 0) is 43.1 Å². The summed E-state index contributed by atoms with van der Waals surface area (Å²) in [5, 5.41) is 9.04. The maximum absolute atomic E-state index is 9.04. The number of nitrogens with zero attached hydrogens (tertiary/aromatic N) is 4. The first-order chi connectivity index (χ1) is 11.8. The highest BCUT2D eigenvalue weighted by atomic mass is 16.5. The van der Waals surface area contributed by atoms with Gasteiger partial charge >= 0.3 is 0 Å². The molecule has 0 unspecified atom stereocenters. The number of aromatic nitrogens is 2. The summed E-state index contributed by atoms with van der Waals surface area (Å²) in [4.78, 5) is 11.3. The van der Waals surface area contributed by atoms with E-state index in [0.717, 1.165) is 49.6 Å². The largest absolute Gasteiger partial charge is 0.377 e. The minimum absolute atomic E-state index is 0.427. The van der Waals surface area contributed by atoms with Gasteiger partial charge in [-0.1, -0.05) is 12.1 Å². The monoisotopic (exact) mass is 322 g/mol. The van der Waals surface area contributed by atoms with Crippen molar-refractivity contribution in [3.8, 4) is 6.07 Å². The van der Waals surface area contributed by atoms with Crippen LogP contribution in [-0.2, 0) is 17.9 Å². The van der Waals surface area contributed by atoms with Gasteiger partial charge in [0.1, 0.15) is 6.61 Å². The van der Waals surface area contributed by atoms with E-state index in [1.165, 1.54) is 5.56 Å². The molecule has 0 saturated carbocycles. The van der Waals surface area contributed by atoms with Crippen molar-refractivity contribution >= 4 is 0 Å². The zero-order valence-corrected chi connectivity index (χ0v) is 14.0. The smallest absolute Gasteiger partial charge is 0.154 e. The Morgan fingerprint density at radius 2 is 2.29 bits per heavy atom. The van der Waals surface area contributed by atoms with Gasteiger partial charge in [-0.25, -0.2) is 9.97 Å². The highest BCUT2D eigenvalue weighted by Crippen LogP contribution is 2.26. The van der Waals surface area contributed by atoms with Crippen molar-refractivity contribution in [1.29, 1.82) is 5.26 Å². The number of likely N-dealkylation sites (tertiary alicyclic amines) is 1. The number of piperidine rings is 1. The molecule has 1 aliphatic heterocycles. The fourth-order valence-electron chi connectivity index (χ4n) is 3.28. The van der Waals surface area contributed by atoms with Crippen LogP contribution < -0.4 is 0 Å². The van der Waals surface area contributed by atoms with E-state index in [2.05, 4.69) is 27.0 Å². The molecule has 0 spiro atoms. The third-order valence-corrected chi connectivity index (χ3v) is 4.39. The third-order valence-electron chi connectivity index (χ3n) is 4.39. The minimum Gasteiger partial charge on any atom is -0.377 e. The number of rotatable bonds is 5. The molecule has 1 saturated heterocycles. The lowest BCUT2D eigenvalue weighted by molar-refractivity contribution is 0.176. The molecule has 124 valence electrons. The summed E-state index contributed by atoms with van der Waals surface area (Å²) >= 11 is 0. The molecule has 5 heteroatoms. The molecule has 1 aliphatic rings. The third kappa shape index (κ3) is 4.16. The lowest BCUT2D eigenvalue weighted by Gasteiger charge is -2.32. The van der Waals surface area contributed by atoms with Crippen molar-refractivity contribution < 1.29 is 4.74 Å². The molecule has 5 nitrogen and oxygen atoms in total. The highest BCUT2D eigenvalue weighted by molar-refractivity contribution is 5.32. The summed E-state index contributed by atoms with van der Waals surface area (Å²) in [5.74, 6) is 1.17. The minimum atomic E-state index is 0.427. The van der Waals surface area contributed by atoms with Crippen LogP contribution in [0, 0.1) is 11.3 Å². The van der Waals surface area contributed by atoms with Gasteiger partial charge in [-0.3, -0.25) is 4.90 Å². The first kappa shape index (κ1) is 16.6. The lowest BCUT2D eigenvalue weighted by Crippen LogP contribution is -2.34. The Kier molecular flexibility index (Phi) is 5.52. The van der Waals surface area contributed by atoms with E-state index in [1.807, 2.05) is 30.5 Å². The molecule has 24 heavy (non-hydrogen) atoms. The van der Waals surface area contributed by atoms with Crippen molar-refractivity contribution in [2.45, 2.75) is 31.9 Å². The zero-order valence-electron chi connectivity index (χ0n) is 14.0. The Balaban J connectivity index is 1.68. The van der Waals surface area contributed by atoms with Crippen LogP contribution in [0.15, 0.2) is 36.5 Å². The summed E-state index contributed by atoms with van der Waals surface area (Å²) in [5.41, 5.74) is 3.02. The predicted molar refractivity (Wildman–Crippen MR) is 91.2 cm³/mol. The summed E-state index contributed by atoms with van der Waals surface area (Å²) < 4.78 is 5.13. The molecule has 2 aromatic rings. The fourth-order valence-corrected chi connectivity index (χ4v) is 3.28. The Morgan fingerprint density at radius 3 is 3.12 bits per heavy atom. The molecule has 0 amide bonds. The maximum Gasteiger partial charge on any atom is 0.154 e. The molecule has 1 aromatic carbocycles. The van der Waals surface area contributed by atoms with E-state index in [1.54, 1.807) is 7.11 Å². The average molecular weight is 322 g/mol. The van der Waals surface area contributed by atoms with E-state index in [0.29, 0.717) is 12.5 Å². The quantitative estimate of drug-likeness (QED) is 0.847. The molecular formula is C19H22N4O. The van der Waals surface area contributed by atoms with E-state index >= 15 is 0 Å². The van der Waals surface area contributed by atoms with Crippen LogP contribution >= 0.6 is 0 Å². The standard InChI is InChI=1S/C19H22N4O/c1-24-14-19-21-8-7-18(22-19)17-6-3-9-23(13-17)12-16-5-2-4-15(10-16)11-20/h2,4-5,7-8,10,17H,3,6,9,12-14H2,1H3/t17-/m0/s1. The van der Waals surface area contributed by atoms with E-state index < -0.39 is 0 Å². The van der Waals surface area contributed by atoms with Gasteiger partial charge in [-0.15, -0.1) is 0 Å². The predicted octanol–water partition coefficient (Wildman–Crippen LogP) is 2.87. The molecule has 0 bridgehead atoms. The molecule has 0 aliphatic carbocycles. The Labute approximate surface area is 142 Å². The van der Waals surface area contributed by atoms with Gasteiger partial charge in [0.25, 0.3) is 0 Å². The van der Waals surface area contributed by atoms with Crippen LogP contribution in [0.1, 0.15) is 41.4 Å². The average Bonchev–Trinajstić information content (AvgIpc) is 2.63. The molecule has 2 heterocycles. The van der Waals surface area contributed by atoms with Crippen molar-refractivity contribution in [3.63, 3.8) is 0 Å². The van der Waals surface area contributed by atoms with Gasteiger partial charge < -0.3 is 4.74 Å². The maximum atomic E-state index is 9.04. The first-order valence-electron chi connectivity index (χ1n) is 8.30. The number of ether oxygens (including phenoxy) is 1. The molecule has 0 radical (unpaired) electrons. The summed E-state index contributed by atoms with van der Waals surface area (Å²) in [6.45, 7) is 3.40. The van der Waals surface area contributed by atoms with Crippen LogP contribution in [0.5, 0.6) is 0 Å². The normalized spacial score (nSPS) is 18.2. The molecule has 0 N–H and O–H groups in total. The molecule has 1 aromatic heterocycles. The number of benzene rings is 1. The van der Waals surface area contributed by atoms with Crippen LogP contribution in [0.4, 0.5) is 0 Å². The van der Waals surface area contributed by atoms with Gasteiger partial charge in [0.05, 0.1) is 11.6 Å². The summed E-state index contributed by atoms with van der Waals surface area (Å²) in [6, 6.07) is 12.1. The van der Waals surface area contributed by atoms with Gasteiger partial charge in [0.15, 0.2) is 5.82 Å². The second kappa shape index (κ2) is 8.00. The van der Waals surface area contributed by atoms with Crippen LogP contribution in [-0.4, -0.2) is 35.1 Å². The first-order valence-corrected chi connectivity index (χ1v) is 8.30. The van der Waals surface area contributed by atoms with Gasteiger partial charge in [-0.2, -0.15) is 5.26 Å². The Bertz CT molecular complexity index is 725. The topological polar surface area (TPSA) is 62.0 Å². The summed E-state index contributed by atoms with van der Waals surface area (Å²) in [6.07, 6.45) is 4.14. The number of methoxy groups -OCH3 is 1. The van der Waals surface area contributed by atoms with Gasteiger partial charge in [0, 0.05) is 38.0 Å². The van der Waals surface area contributed by atoms with Crippen LogP contribution in [0.25, 0.3) is 0 Å². The SMILES string of the molecule is COCc1nccc([C@H]2CCCN(Cc3cccc(C#N)c3)C2)n1. The van der Waals surface area contributed by atoms with Gasteiger partial charge in [0.2, 0.25) is 0 Å². The second-order valence-corrected chi connectivity index (χ2v) is 6.22. The number of nitriles is 1. The highest BCUT2D eigenvalue weighted by Gasteiger charge is 2.22. The number of hydrogen-bond acceptors (Lipinski definition) is 5. The molecular weight excluding hydrogens is 300 g/mol. The number of hydrogen-bond donors (Lipinski definition) is 0. The van der Waals surface area contributed by atoms with Crippen molar-refractivity contribution in [3.05, 3.63) is 59.2 Å². The summed E-state index contributed by atoms with van der Waals surface area (Å²) in [7, 11) is 1.66. The van der Waals surface area contributed by atoms with Crippen molar-refractivity contribution in [2.75, 3.05) is 20.2 Å². The molecule has 3 rings (SSSR count). The molecule has 1 atom stereocenters. The van der Waals surface area contributed by atoms with Crippen LogP contribution in [0.2, 0.25) is 0 Å². The Hall–Kier alpha value is -2.29. The molecule has 1 fully saturated rings. The van der Waals surface area contributed by atoms with E-state index in [-0.39, 0.29) is 0 Å². The van der Waals surface area contributed by atoms with Crippen molar-refractivity contribution in [2.24, 2.45) is 0 Å². The van der Waals surface area contributed by atoms with E-state index in [9.17, 15) is 0 Å². The van der Waals surface area contributed by atoms with E-state index in [4.69, 9.17) is 10.00 Å². The zero-order chi connectivity index (χ0) is 16.8. The Morgan fingerprint density at radius 1 is 1.38 bits per heavy atom. The fraction of sp³-hybridized carbons (Fsp3) is 0.421. The van der Waals surface area contributed by atoms with Crippen LogP contribution in [0.3, 0.4) is 0 Å². The lowest BCUT2D eigenvalue weighted by atomic mass is 9.94.